The predicted molar refractivity (Wildman–Crippen MR) is 114 cm³/mol. The number of para-hydroxylation sites is 1. The minimum Gasteiger partial charge on any atom is -0.462 e. The standard InChI is InChI=1S/C21H25FN2O5S/c1-4-29-21(26)16-11-12-18(15(2)14-16)23-20(25)10-7-13-24(30(3,27)28)19-9-6-5-8-17(19)22/h5-6,8-9,11-12,14H,4,7,10,13H2,1-3H3,(H,23,25). The molecule has 0 radical (unpaired) electrons. The molecule has 0 aliphatic rings. The number of anilines is 2. The number of nitrogens with zero attached hydrogens (tertiary/aromatic N) is 1. The molecule has 0 fully saturated rings. The average Bonchev–Trinajstić information content (AvgIpc) is 2.67. The number of nitrogens with one attached hydrogen (secondary N) is 1. The van der Waals surface area contributed by atoms with Crippen LogP contribution in [-0.2, 0) is 19.6 Å². The van der Waals surface area contributed by atoms with E-state index in [0.29, 0.717) is 16.8 Å². The molecule has 2 aromatic rings. The van der Waals surface area contributed by atoms with Crippen molar-refractivity contribution < 1.29 is 27.1 Å². The number of hydrogen-bond donors (Lipinski definition) is 1. The summed E-state index contributed by atoms with van der Waals surface area (Å²) in [6.07, 6.45) is 1.24. The van der Waals surface area contributed by atoms with Crippen molar-refractivity contribution in [2.24, 2.45) is 0 Å². The summed E-state index contributed by atoms with van der Waals surface area (Å²) in [6.45, 7) is 3.71. The number of ether oxygens (including phenoxy) is 1. The Morgan fingerprint density at radius 3 is 2.47 bits per heavy atom. The number of esters is 1. The maximum absolute atomic E-state index is 14.0. The minimum absolute atomic E-state index is 0.0338. The van der Waals surface area contributed by atoms with Gasteiger partial charge in [-0.25, -0.2) is 17.6 Å². The van der Waals surface area contributed by atoms with Gasteiger partial charge in [0.15, 0.2) is 0 Å². The van der Waals surface area contributed by atoms with Crippen LogP contribution in [0.2, 0.25) is 0 Å². The molecule has 1 N–H and O–H groups in total. The lowest BCUT2D eigenvalue weighted by Gasteiger charge is -2.22. The molecule has 2 rings (SSSR count). The number of aryl methyl sites for hydroxylation is 1. The van der Waals surface area contributed by atoms with Crippen molar-refractivity contribution in [3.05, 3.63) is 59.4 Å². The zero-order valence-electron chi connectivity index (χ0n) is 17.1. The smallest absolute Gasteiger partial charge is 0.338 e. The Bertz CT molecular complexity index is 1020. The summed E-state index contributed by atoms with van der Waals surface area (Å²) in [6, 6.07) is 10.4. The van der Waals surface area contributed by atoms with Gasteiger partial charge >= 0.3 is 5.97 Å². The van der Waals surface area contributed by atoms with Crippen molar-refractivity contribution in [2.75, 3.05) is 29.0 Å². The minimum atomic E-state index is -3.70. The van der Waals surface area contributed by atoms with Gasteiger partial charge in [-0.15, -0.1) is 0 Å². The lowest BCUT2D eigenvalue weighted by atomic mass is 10.1. The number of benzene rings is 2. The van der Waals surface area contributed by atoms with Gasteiger partial charge in [-0.2, -0.15) is 0 Å². The third-order valence-corrected chi connectivity index (χ3v) is 5.48. The van der Waals surface area contributed by atoms with Crippen LogP contribution in [0, 0.1) is 12.7 Å². The van der Waals surface area contributed by atoms with E-state index in [0.717, 1.165) is 10.6 Å². The van der Waals surface area contributed by atoms with Crippen LogP contribution in [0.5, 0.6) is 0 Å². The van der Waals surface area contributed by atoms with E-state index in [1.807, 2.05) is 0 Å². The van der Waals surface area contributed by atoms with Gasteiger partial charge in [-0.1, -0.05) is 12.1 Å². The summed E-state index contributed by atoms with van der Waals surface area (Å²) < 4.78 is 44.0. The van der Waals surface area contributed by atoms with E-state index in [-0.39, 0.29) is 37.6 Å². The fourth-order valence-electron chi connectivity index (χ4n) is 2.86. The molecule has 9 heteroatoms. The van der Waals surface area contributed by atoms with Crippen LogP contribution in [0.4, 0.5) is 15.8 Å². The highest BCUT2D eigenvalue weighted by atomic mass is 32.2. The third-order valence-electron chi connectivity index (χ3n) is 4.30. The van der Waals surface area contributed by atoms with E-state index in [1.165, 1.54) is 18.2 Å². The van der Waals surface area contributed by atoms with Gasteiger partial charge in [0.05, 0.1) is 24.1 Å². The molecule has 0 aromatic heterocycles. The number of hydrogen-bond acceptors (Lipinski definition) is 5. The van der Waals surface area contributed by atoms with Gasteiger partial charge in [-0.3, -0.25) is 9.10 Å². The second-order valence-corrected chi connectivity index (χ2v) is 8.60. The van der Waals surface area contributed by atoms with Crippen molar-refractivity contribution in [3.8, 4) is 0 Å². The van der Waals surface area contributed by atoms with Gasteiger partial charge in [0, 0.05) is 18.7 Å². The van der Waals surface area contributed by atoms with Crippen molar-refractivity contribution in [2.45, 2.75) is 26.7 Å². The molecule has 0 saturated heterocycles. The van der Waals surface area contributed by atoms with E-state index in [2.05, 4.69) is 5.32 Å². The van der Waals surface area contributed by atoms with Crippen LogP contribution in [0.3, 0.4) is 0 Å². The van der Waals surface area contributed by atoms with Gasteiger partial charge in [-0.05, 0) is 56.2 Å². The second kappa shape index (κ2) is 10.2. The molecule has 2 aromatic carbocycles. The van der Waals surface area contributed by atoms with Crippen LogP contribution in [0.25, 0.3) is 0 Å². The van der Waals surface area contributed by atoms with Gasteiger partial charge in [0.25, 0.3) is 0 Å². The van der Waals surface area contributed by atoms with E-state index in [1.54, 1.807) is 38.1 Å². The summed E-state index contributed by atoms with van der Waals surface area (Å²) >= 11 is 0. The van der Waals surface area contributed by atoms with Crippen LogP contribution in [0.1, 0.15) is 35.7 Å². The molecule has 0 atom stereocenters. The third kappa shape index (κ3) is 6.28. The van der Waals surface area contributed by atoms with E-state index in [9.17, 15) is 22.4 Å². The molecule has 0 aliphatic carbocycles. The number of rotatable bonds is 9. The Kier molecular flexibility index (Phi) is 7.93. The van der Waals surface area contributed by atoms with Crippen molar-refractivity contribution in [1.82, 2.24) is 0 Å². The fraction of sp³-hybridized carbons (Fsp3) is 0.333. The largest absolute Gasteiger partial charge is 0.462 e. The Hall–Kier alpha value is -2.94. The monoisotopic (exact) mass is 436 g/mol. The van der Waals surface area contributed by atoms with Gasteiger partial charge < -0.3 is 10.1 Å². The summed E-state index contributed by atoms with van der Waals surface area (Å²) in [4.78, 5) is 24.0. The molecular weight excluding hydrogens is 411 g/mol. The lowest BCUT2D eigenvalue weighted by Crippen LogP contribution is -2.32. The number of halogens is 1. The Morgan fingerprint density at radius 2 is 1.87 bits per heavy atom. The number of sulfonamides is 1. The first-order chi connectivity index (χ1) is 14.1. The SMILES string of the molecule is CCOC(=O)c1ccc(NC(=O)CCCN(c2ccccc2F)S(C)(=O)=O)c(C)c1. The first kappa shape index (κ1) is 23.3. The Morgan fingerprint density at radius 1 is 1.17 bits per heavy atom. The van der Waals surface area contributed by atoms with Gasteiger partial charge in [0.2, 0.25) is 15.9 Å². The van der Waals surface area contributed by atoms with Crippen LogP contribution >= 0.6 is 0 Å². The predicted octanol–water partition coefficient (Wildman–Crippen LogP) is 3.50. The highest BCUT2D eigenvalue weighted by Gasteiger charge is 2.20. The van der Waals surface area contributed by atoms with E-state index >= 15 is 0 Å². The summed E-state index contributed by atoms with van der Waals surface area (Å²) in [5.41, 5.74) is 1.58. The first-order valence-corrected chi connectivity index (χ1v) is 11.3. The van der Waals surface area contributed by atoms with Crippen molar-refractivity contribution in [1.29, 1.82) is 0 Å². The van der Waals surface area contributed by atoms with Crippen molar-refractivity contribution in [3.63, 3.8) is 0 Å². The second-order valence-electron chi connectivity index (χ2n) is 6.69. The molecule has 0 heterocycles. The van der Waals surface area contributed by atoms with Gasteiger partial charge in [0.1, 0.15) is 5.82 Å². The molecule has 162 valence electrons. The molecule has 30 heavy (non-hydrogen) atoms. The molecule has 0 bridgehead atoms. The highest BCUT2D eigenvalue weighted by Crippen LogP contribution is 2.22. The van der Waals surface area contributed by atoms with E-state index < -0.39 is 21.8 Å². The van der Waals surface area contributed by atoms with Crippen LogP contribution < -0.4 is 9.62 Å². The van der Waals surface area contributed by atoms with E-state index in [4.69, 9.17) is 4.74 Å². The van der Waals surface area contributed by atoms with Crippen molar-refractivity contribution >= 4 is 33.3 Å². The quantitative estimate of drug-likeness (QED) is 0.608. The highest BCUT2D eigenvalue weighted by molar-refractivity contribution is 7.92. The molecule has 0 spiro atoms. The summed E-state index contributed by atoms with van der Waals surface area (Å²) in [5.74, 6) is -1.40. The normalized spacial score (nSPS) is 11.1. The summed E-state index contributed by atoms with van der Waals surface area (Å²) in [5, 5.41) is 2.74. The average molecular weight is 437 g/mol. The molecule has 0 saturated carbocycles. The molecule has 0 unspecified atom stereocenters. The maximum atomic E-state index is 14.0. The fourth-order valence-corrected chi connectivity index (χ4v) is 3.83. The topological polar surface area (TPSA) is 92.8 Å². The lowest BCUT2D eigenvalue weighted by molar-refractivity contribution is -0.116. The van der Waals surface area contributed by atoms with Crippen LogP contribution in [-0.4, -0.2) is 39.7 Å². The molecular formula is C21H25FN2O5S. The number of amides is 1. The summed E-state index contributed by atoms with van der Waals surface area (Å²) in [7, 11) is -3.70. The maximum Gasteiger partial charge on any atom is 0.338 e. The molecule has 7 nitrogen and oxygen atoms in total. The zero-order chi connectivity index (χ0) is 22.3. The number of carbonyl (C=O) groups excluding carboxylic acids is 2. The Labute approximate surface area is 175 Å². The Balaban J connectivity index is 1.98. The molecule has 0 aliphatic heterocycles. The first-order valence-electron chi connectivity index (χ1n) is 9.43. The zero-order valence-corrected chi connectivity index (χ0v) is 18.0. The molecule has 1 amide bonds. The number of carbonyl (C=O) groups is 2. The van der Waals surface area contributed by atoms with Crippen LogP contribution in [0.15, 0.2) is 42.5 Å².